The number of amides is 2. The molecule has 1 N–H and O–H groups in total. The van der Waals surface area contributed by atoms with E-state index >= 15 is 0 Å². The predicted octanol–water partition coefficient (Wildman–Crippen LogP) is 2.78. The molecule has 0 bridgehead atoms. The fourth-order valence-electron chi connectivity index (χ4n) is 3.41. The molecule has 28 heavy (non-hydrogen) atoms. The van der Waals surface area contributed by atoms with E-state index in [1.165, 1.54) is 27.1 Å². The van der Waals surface area contributed by atoms with Crippen molar-refractivity contribution in [1.82, 2.24) is 9.55 Å². The molecule has 0 radical (unpaired) electrons. The lowest BCUT2D eigenvalue weighted by atomic mass is 9.96. The summed E-state index contributed by atoms with van der Waals surface area (Å²) >= 11 is 1.49. The smallest absolute Gasteiger partial charge is 0.262 e. The fraction of sp³-hybridized carbons (Fsp3) is 0.300. The molecule has 1 aromatic carbocycles. The number of thiophene rings is 1. The van der Waals surface area contributed by atoms with Gasteiger partial charge in [-0.3, -0.25) is 23.9 Å². The second kappa shape index (κ2) is 6.56. The Hall–Kier alpha value is -3.00. The Morgan fingerprint density at radius 3 is 2.75 bits per heavy atom. The average Bonchev–Trinajstić information content (AvgIpc) is 3.09. The number of benzene rings is 1. The lowest BCUT2D eigenvalue weighted by molar-refractivity contribution is -0.126. The first-order chi connectivity index (χ1) is 13.3. The van der Waals surface area contributed by atoms with Gasteiger partial charge in [0.25, 0.3) is 5.56 Å². The number of carbonyl (C=O) groups excluding carboxylic acids is 2. The van der Waals surface area contributed by atoms with Crippen molar-refractivity contribution in [2.75, 3.05) is 10.2 Å². The molecule has 8 heteroatoms. The zero-order chi connectivity index (χ0) is 20.1. The first-order valence-electron chi connectivity index (χ1n) is 9.04. The van der Waals surface area contributed by atoms with Crippen LogP contribution in [0.5, 0.6) is 0 Å². The summed E-state index contributed by atoms with van der Waals surface area (Å²) in [6, 6.07) is 8.98. The molecule has 7 nitrogen and oxygen atoms in total. The average molecular weight is 396 g/mol. The van der Waals surface area contributed by atoms with Crippen LogP contribution in [0.25, 0.3) is 10.2 Å². The zero-order valence-electron chi connectivity index (χ0n) is 15.9. The number of nitrogens with zero attached hydrogens (tertiary/aromatic N) is 3. The van der Waals surface area contributed by atoms with E-state index in [1.54, 1.807) is 32.0 Å². The molecule has 3 aromatic rings. The van der Waals surface area contributed by atoms with Gasteiger partial charge in [0.05, 0.1) is 23.1 Å². The van der Waals surface area contributed by atoms with E-state index in [1.807, 2.05) is 19.1 Å². The summed E-state index contributed by atoms with van der Waals surface area (Å²) in [4.78, 5) is 46.1. The van der Waals surface area contributed by atoms with Crippen LogP contribution in [0.1, 0.15) is 25.6 Å². The van der Waals surface area contributed by atoms with Gasteiger partial charge in [0.1, 0.15) is 16.9 Å². The van der Waals surface area contributed by atoms with Crippen molar-refractivity contribution in [3.05, 3.63) is 51.9 Å². The van der Waals surface area contributed by atoms with E-state index in [4.69, 9.17) is 0 Å². The maximum absolute atomic E-state index is 13.2. The van der Waals surface area contributed by atoms with Gasteiger partial charge in [0.2, 0.25) is 11.8 Å². The normalized spacial score (nSPS) is 15.4. The van der Waals surface area contributed by atoms with Crippen LogP contribution in [-0.2, 0) is 22.6 Å². The van der Waals surface area contributed by atoms with Gasteiger partial charge in [-0.2, -0.15) is 0 Å². The largest absolute Gasteiger partial charge is 0.322 e. The molecule has 2 aromatic heterocycles. The summed E-state index contributed by atoms with van der Waals surface area (Å²) in [6.45, 7) is 5.21. The van der Waals surface area contributed by atoms with Crippen molar-refractivity contribution in [3.8, 4) is 0 Å². The highest BCUT2D eigenvalue weighted by atomic mass is 32.1. The highest BCUT2D eigenvalue weighted by molar-refractivity contribution is 7.18. The van der Waals surface area contributed by atoms with Crippen LogP contribution in [0.3, 0.4) is 0 Å². The second-order valence-corrected chi connectivity index (χ2v) is 8.34. The minimum atomic E-state index is -1.08. The van der Waals surface area contributed by atoms with Gasteiger partial charge in [0.15, 0.2) is 0 Å². The van der Waals surface area contributed by atoms with Gasteiger partial charge < -0.3 is 5.32 Å². The maximum Gasteiger partial charge on any atom is 0.262 e. The molecule has 1 aliphatic heterocycles. The number of fused-ring (bicyclic) bond motifs is 2. The number of nitrogens with one attached hydrogen (secondary N) is 1. The number of aromatic nitrogens is 2. The van der Waals surface area contributed by atoms with E-state index in [9.17, 15) is 14.4 Å². The third-order valence-corrected chi connectivity index (χ3v) is 6.17. The predicted molar refractivity (Wildman–Crippen MR) is 110 cm³/mol. The van der Waals surface area contributed by atoms with Crippen LogP contribution in [0.4, 0.5) is 11.4 Å². The molecule has 1 aliphatic rings. The molecule has 0 spiro atoms. The summed E-state index contributed by atoms with van der Waals surface area (Å²) in [5, 5.41) is 3.35. The SMILES string of the molecule is CCc1cc2c(=O)n(CC(=O)N3c4ccccc4NC(=O)C3(C)C)cnc2s1. The van der Waals surface area contributed by atoms with E-state index < -0.39 is 5.54 Å². The number of para-hydroxylation sites is 2. The lowest BCUT2D eigenvalue weighted by Crippen LogP contribution is -2.59. The second-order valence-electron chi connectivity index (χ2n) is 7.22. The summed E-state index contributed by atoms with van der Waals surface area (Å²) in [5.41, 5.74) is -0.138. The summed E-state index contributed by atoms with van der Waals surface area (Å²) < 4.78 is 1.31. The Labute approximate surface area is 165 Å². The van der Waals surface area contributed by atoms with Crippen LogP contribution in [0.15, 0.2) is 41.5 Å². The van der Waals surface area contributed by atoms with Crippen molar-refractivity contribution >= 4 is 44.7 Å². The fourth-order valence-corrected chi connectivity index (χ4v) is 4.34. The van der Waals surface area contributed by atoms with Crippen LogP contribution in [0.2, 0.25) is 0 Å². The molecule has 4 rings (SSSR count). The Morgan fingerprint density at radius 2 is 2.00 bits per heavy atom. The quantitative estimate of drug-likeness (QED) is 0.738. The lowest BCUT2D eigenvalue weighted by Gasteiger charge is -2.42. The molecule has 0 atom stereocenters. The minimum Gasteiger partial charge on any atom is -0.322 e. The molecule has 0 saturated carbocycles. The van der Waals surface area contributed by atoms with Crippen molar-refractivity contribution in [3.63, 3.8) is 0 Å². The molecule has 0 saturated heterocycles. The highest BCUT2D eigenvalue weighted by Gasteiger charge is 2.43. The van der Waals surface area contributed by atoms with Crippen molar-refractivity contribution in [2.45, 2.75) is 39.3 Å². The first kappa shape index (κ1) is 18.4. The van der Waals surface area contributed by atoms with Gasteiger partial charge in [-0.15, -0.1) is 11.3 Å². The van der Waals surface area contributed by atoms with Crippen LogP contribution < -0.4 is 15.8 Å². The molecule has 2 amide bonds. The number of hydrogen-bond acceptors (Lipinski definition) is 5. The maximum atomic E-state index is 13.2. The number of anilines is 2. The standard InChI is InChI=1S/C20H20N4O3S/c1-4-12-9-13-17(28-12)21-11-23(18(13)26)10-16(25)24-15-8-6-5-7-14(15)22-19(27)20(24,2)3/h5-9,11H,4,10H2,1-3H3,(H,22,27). The minimum absolute atomic E-state index is 0.190. The zero-order valence-corrected chi connectivity index (χ0v) is 16.7. The number of carbonyl (C=O) groups is 2. The van der Waals surface area contributed by atoms with E-state index in [0.717, 1.165) is 11.3 Å². The molecule has 0 unspecified atom stereocenters. The van der Waals surface area contributed by atoms with E-state index in [2.05, 4.69) is 10.3 Å². The van der Waals surface area contributed by atoms with Crippen LogP contribution >= 0.6 is 11.3 Å². The Balaban J connectivity index is 1.74. The van der Waals surface area contributed by atoms with Gasteiger partial charge in [-0.1, -0.05) is 19.1 Å². The van der Waals surface area contributed by atoms with Gasteiger partial charge in [-0.25, -0.2) is 4.98 Å². The van der Waals surface area contributed by atoms with Gasteiger partial charge in [0, 0.05) is 4.88 Å². The van der Waals surface area contributed by atoms with Crippen LogP contribution in [-0.4, -0.2) is 26.9 Å². The third-order valence-electron chi connectivity index (χ3n) is 4.98. The van der Waals surface area contributed by atoms with Crippen molar-refractivity contribution in [2.24, 2.45) is 0 Å². The van der Waals surface area contributed by atoms with Crippen molar-refractivity contribution < 1.29 is 9.59 Å². The monoisotopic (exact) mass is 396 g/mol. The first-order valence-corrected chi connectivity index (χ1v) is 9.86. The Bertz CT molecular complexity index is 1160. The Morgan fingerprint density at radius 1 is 1.25 bits per heavy atom. The Kier molecular flexibility index (Phi) is 4.30. The molecule has 0 fully saturated rings. The molecule has 144 valence electrons. The van der Waals surface area contributed by atoms with Gasteiger partial charge in [-0.05, 0) is 38.5 Å². The number of rotatable bonds is 3. The molecular weight excluding hydrogens is 376 g/mol. The summed E-state index contributed by atoms with van der Waals surface area (Å²) in [7, 11) is 0. The highest BCUT2D eigenvalue weighted by Crippen LogP contribution is 2.36. The van der Waals surface area contributed by atoms with Crippen molar-refractivity contribution in [1.29, 1.82) is 0 Å². The van der Waals surface area contributed by atoms with E-state index in [-0.39, 0.29) is 23.9 Å². The molecule has 0 aliphatic carbocycles. The van der Waals surface area contributed by atoms with Gasteiger partial charge >= 0.3 is 0 Å². The van der Waals surface area contributed by atoms with E-state index in [0.29, 0.717) is 21.6 Å². The topological polar surface area (TPSA) is 84.3 Å². The summed E-state index contributed by atoms with van der Waals surface area (Å²) in [5.74, 6) is -0.618. The summed E-state index contributed by atoms with van der Waals surface area (Å²) in [6.07, 6.45) is 2.23. The number of aryl methyl sites for hydroxylation is 1. The third kappa shape index (κ3) is 2.80. The van der Waals surface area contributed by atoms with Crippen LogP contribution in [0, 0.1) is 0 Å². The molecule has 3 heterocycles. The number of hydrogen-bond donors (Lipinski definition) is 1. The molecular formula is C20H20N4O3S.